The van der Waals surface area contributed by atoms with Crippen LogP contribution in [-0.4, -0.2) is 10.2 Å². The van der Waals surface area contributed by atoms with Crippen LogP contribution >= 0.6 is 0 Å². The molecule has 0 aromatic heterocycles. The van der Waals surface area contributed by atoms with Crippen molar-refractivity contribution in [2.75, 3.05) is 0 Å². The average Bonchev–Trinajstić information content (AvgIpc) is 2.61. The molecule has 3 aromatic rings. The lowest BCUT2D eigenvalue weighted by Crippen LogP contribution is -2.25. The van der Waals surface area contributed by atoms with Crippen molar-refractivity contribution in [1.82, 2.24) is 0 Å². The van der Waals surface area contributed by atoms with E-state index in [1.165, 1.54) is 11.1 Å². The van der Waals surface area contributed by atoms with Crippen molar-refractivity contribution in [1.29, 1.82) is 0 Å². The van der Waals surface area contributed by atoms with E-state index >= 15 is 0 Å². The molecular formula is C24H26O2. The number of hydrogen-bond acceptors (Lipinski definition) is 2. The number of rotatable bonds is 3. The van der Waals surface area contributed by atoms with Crippen molar-refractivity contribution in [2.45, 2.75) is 38.5 Å². The fraction of sp³-hybridized carbons (Fsp3) is 0.250. The minimum atomic E-state index is -0.391. The van der Waals surface area contributed by atoms with Crippen LogP contribution in [-0.2, 0) is 10.8 Å². The number of aromatic hydroxyl groups is 2. The maximum Gasteiger partial charge on any atom is 0.115 e. The summed E-state index contributed by atoms with van der Waals surface area (Å²) in [4.78, 5) is 0. The Kier molecular flexibility index (Phi) is 4.53. The van der Waals surface area contributed by atoms with Gasteiger partial charge in [0.15, 0.2) is 0 Å². The van der Waals surface area contributed by atoms with E-state index in [0.29, 0.717) is 0 Å². The molecule has 0 radical (unpaired) electrons. The van der Waals surface area contributed by atoms with E-state index in [1.807, 2.05) is 24.3 Å². The summed E-state index contributed by atoms with van der Waals surface area (Å²) in [5.41, 5.74) is 4.35. The molecular weight excluding hydrogens is 320 g/mol. The zero-order chi connectivity index (χ0) is 18.9. The zero-order valence-electron chi connectivity index (χ0n) is 15.8. The van der Waals surface area contributed by atoms with E-state index in [0.717, 1.165) is 11.1 Å². The quantitative estimate of drug-likeness (QED) is 0.593. The van der Waals surface area contributed by atoms with Crippen molar-refractivity contribution < 1.29 is 10.2 Å². The molecule has 26 heavy (non-hydrogen) atoms. The van der Waals surface area contributed by atoms with Gasteiger partial charge in [0.25, 0.3) is 0 Å². The highest BCUT2D eigenvalue weighted by Crippen LogP contribution is 2.40. The van der Waals surface area contributed by atoms with Gasteiger partial charge in [-0.3, -0.25) is 0 Å². The molecule has 2 nitrogen and oxygen atoms in total. The van der Waals surface area contributed by atoms with Gasteiger partial charge in [-0.15, -0.1) is 0 Å². The molecule has 0 heterocycles. The lowest BCUT2D eigenvalue weighted by molar-refractivity contribution is 0.474. The second-order valence-electron chi connectivity index (χ2n) is 8.05. The standard InChI is InChI=1S/C24H26O2/c1-23(2,3)17-5-7-18(8-6-17)24(4,19-9-13-21(25)14-10-19)20-11-15-22(26)16-12-20/h5-16,25-26H,1-4H3. The summed E-state index contributed by atoms with van der Waals surface area (Å²) in [5, 5.41) is 19.4. The second-order valence-corrected chi connectivity index (χ2v) is 8.05. The molecule has 3 rings (SSSR count). The highest BCUT2D eigenvalue weighted by Gasteiger charge is 2.31. The Labute approximate surface area is 155 Å². The first kappa shape index (κ1) is 18.1. The lowest BCUT2D eigenvalue weighted by Gasteiger charge is -2.32. The second kappa shape index (κ2) is 6.53. The molecule has 0 saturated heterocycles. The summed E-state index contributed by atoms with van der Waals surface area (Å²) < 4.78 is 0. The molecule has 0 saturated carbocycles. The van der Waals surface area contributed by atoms with Gasteiger partial charge in [-0.05, 0) is 58.9 Å². The van der Waals surface area contributed by atoms with Gasteiger partial charge in [0, 0.05) is 5.41 Å². The topological polar surface area (TPSA) is 40.5 Å². The molecule has 0 aliphatic rings. The van der Waals surface area contributed by atoms with Gasteiger partial charge < -0.3 is 10.2 Å². The smallest absolute Gasteiger partial charge is 0.115 e. The highest BCUT2D eigenvalue weighted by molar-refractivity contribution is 5.51. The van der Waals surface area contributed by atoms with E-state index in [-0.39, 0.29) is 16.9 Å². The van der Waals surface area contributed by atoms with Crippen LogP contribution in [0.3, 0.4) is 0 Å². The molecule has 2 N–H and O–H groups in total. The first-order valence-corrected chi connectivity index (χ1v) is 8.91. The maximum absolute atomic E-state index is 9.69. The third kappa shape index (κ3) is 3.32. The Morgan fingerprint density at radius 1 is 0.462 bits per heavy atom. The van der Waals surface area contributed by atoms with Crippen molar-refractivity contribution in [3.63, 3.8) is 0 Å². The molecule has 3 aromatic carbocycles. The van der Waals surface area contributed by atoms with Crippen LogP contribution in [0, 0.1) is 0 Å². The van der Waals surface area contributed by atoms with Gasteiger partial charge >= 0.3 is 0 Å². The lowest BCUT2D eigenvalue weighted by atomic mass is 9.70. The molecule has 0 spiro atoms. The van der Waals surface area contributed by atoms with Gasteiger partial charge in [0.2, 0.25) is 0 Å². The van der Waals surface area contributed by atoms with Gasteiger partial charge in [-0.25, -0.2) is 0 Å². The van der Waals surface area contributed by atoms with E-state index in [1.54, 1.807) is 24.3 Å². The predicted molar refractivity (Wildman–Crippen MR) is 107 cm³/mol. The fourth-order valence-corrected chi connectivity index (χ4v) is 3.39. The number of phenolic OH excluding ortho intramolecular Hbond substituents is 2. The Balaban J connectivity index is 2.17. The van der Waals surface area contributed by atoms with E-state index in [2.05, 4.69) is 52.0 Å². The molecule has 2 heteroatoms. The van der Waals surface area contributed by atoms with E-state index in [4.69, 9.17) is 0 Å². The SMILES string of the molecule is CC(C)(C)c1ccc(C(C)(c2ccc(O)cc2)c2ccc(O)cc2)cc1. The number of benzene rings is 3. The Morgan fingerprint density at radius 2 is 0.731 bits per heavy atom. The summed E-state index contributed by atoms with van der Waals surface area (Å²) in [7, 11) is 0. The minimum absolute atomic E-state index is 0.103. The Bertz CT molecular complexity index is 822. The van der Waals surface area contributed by atoms with Gasteiger partial charge in [0.1, 0.15) is 11.5 Å². The highest BCUT2D eigenvalue weighted by atomic mass is 16.3. The molecule has 0 amide bonds. The fourth-order valence-electron chi connectivity index (χ4n) is 3.39. The molecule has 0 bridgehead atoms. The van der Waals surface area contributed by atoms with Crippen LogP contribution in [0.4, 0.5) is 0 Å². The molecule has 134 valence electrons. The van der Waals surface area contributed by atoms with E-state index < -0.39 is 5.41 Å². The molecule has 0 aliphatic heterocycles. The Hall–Kier alpha value is -2.74. The molecule has 0 unspecified atom stereocenters. The van der Waals surface area contributed by atoms with Crippen LogP contribution in [0.1, 0.15) is 49.9 Å². The van der Waals surface area contributed by atoms with Gasteiger partial charge in [-0.1, -0.05) is 69.3 Å². The van der Waals surface area contributed by atoms with Gasteiger partial charge in [-0.2, -0.15) is 0 Å². The van der Waals surface area contributed by atoms with Crippen molar-refractivity contribution in [3.05, 3.63) is 95.1 Å². The van der Waals surface area contributed by atoms with Crippen LogP contribution < -0.4 is 0 Å². The Morgan fingerprint density at radius 3 is 1.04 bits per heavy atom. The third-order valence-electron chi connectivity index (χ3n) is 5.22. The largest absolute Gasteiger partial charge is 0.508 e. The zero-order valence-corrected chi connectivity index (χ0v) is 15.8. The summed E-state index contributed by atoms with van der Waals surface area (Å²) in [6, 6.07) is 23.5. The van der Waals surface area contributed by atoms with Crippen molar-refractivity contribution in [3.8, 4) is 11.5 Å². The van der Waals surface area contributed by atoms with Gasteiger partial charge in [0.05, 0.1) is 0 Å². The summed E-state index contributed by atoms with van der Waals surface area (Å²) >= 11 is 0. The monoisotopic (exact) mass is 346 g/mol. The van der Waals surface area contributed by atoms with Crippen molar-refractivity contribution >= 4 is 0 Å². The van der Waals surface area contributed by atoms with Crippen LogP contribution in [0.5, 0.6) is 11.5 Å². The maximum atomic E-state index is 9.69. The normalized spacial score (nSPS) is 12.2. The first-order valence-electron chi connectivity index (χ1n) is 8.91. The summed E-state index contributed by atoms with van der Waals surface area (Å²) in [6.45, 7) is 8.81. The van der Waals surface area contributed by atoms with Crippen LogP contribution in [0.2, 0.25) is 0 Å². The third-order valence-corrected chi connectivity index (χ3v) is 5.22. The molecule has 0 fully saturated rings. The number of phenols is 2. The molecule has 0 atom stereocenters. The summed E-state index contributed by atoms with van der Waals surface area (Å²) in [5.74, 6) is 0.509. The van der Waals surface area contributed by atoms with Crippen LogP contribution in [0.25, 0.3) is 0 Å². The summed E-state index contributed by atoms with van der Waals surface area (Å²) in [6.07, 6.45) is 0. The number of hydrogen-bond donors (Lipinski definition) is 2. The van der Waals surface area contributed by atoms with E-state index in [9.17, 15) is 10.2 Å². The van der Waals surface area contributed by atoms with Crippen molar-refractivity contribution in [2.24, 2.45) is 0 Å². The molecule has 0 aliphatic carbocycles. The van der Waals surface area contributed by atoms with Crippen LogP contribution in [0.15, 0.2) is 72.8 Å². The minimum Gasteiger partial charge on any atom is -0.508 e. The average molecular weight is 346 g/mol. The predicted octanol–water partition coefficient (Wildman–Crippen LogP) is 5.75. The first-order chi connectivity index (χ1) is 12.2.